The van der Waals surface area contributed by atoms with Gasteiger partial charge in [0.1, 0.15) is 12.6 Å². The topological polar surface area (TPSA) is 87.9 Å². The van der Waals surface area contributed by atoms with Gasteiger partial charge in [0.2, 0.25) is 11.8 Å². The molecule has 2 amide bonds. The molecule has 0 aromatic heterocycles. The summed E-state index contributed by atoms with van der Waals surface area (Å²) in [6, 6.07) is 11.0. The average molecular weight is 471 g/mol. The van der Waals surface area contributed by atoms with Crippen LogP contribution in [0.15, 0.2) is 30.3 Å². The lowest BCUT2D eigenvalue weighted by Crippen LogP contribution is -2.58. The highest BCUT2D eigenvalue weighted by molar-refractivity contribution is 5.88. The van der Waals surface area contributed by atoms with Crippen LogP contribution in [0.4, 0.5) is 0 Å². The molecule has 188 valence electrons. The van der Waals surface area contributed by atoms with Gasteiger partial charge in [-0.25, -0.2) is 0 Å². The molecule has 34 heavy (non-hydrogen) atoms. The van der Waals surface area contributed by atoms with Gasteiger partial charge in [-0.05, 0) is 68.9 Å². The Balaban J connectivity index is 1.42. The van der Waals surface area contributed by atoms with Gasteiger partial charge in [0.25, 0.3) is 0 Å². The Morgan fingerprint density at radius 2 is 1.82 bits per heavy atom. The fraction of sp³-hybridized carbons (Fsp3) is 0.704. The Labute approximate surface area is 204 Å². The van der Waals surface area contributed by atoms with Crippen LogP contribution < -0.4 is 11.1 Å². The van der Waals surface area contributed by atoms with Crippen molar-refractivity contribution >= 4 is 11.8 Å². The van der Waals surface area contributed by atoms with E-state index >= 15 is 0 Å². The summed E-state index contributed by atoms with van der Waals surface area (Å²) in [7, 11) is 1.53. The van der Waals surface area contributed by atoms with Crippen molar-refractivity contribution in [2.75, 3.05) is 33.4 Å². The molecule has 1 aromatic carbocycles. The molecule has 3 fully saturated rings. The molecule has 2 aliphatic carbocycles. The summed E-state index contributed by atoms with van der Waals surface area (Å²) in [6.07, 6.45) is 8.62. The Morgan fingerprint density at radius 3 is 2.53 bits per heavy atom. The molecule has 3 unspecified atom stereocenters. The molecule has 2 saturated carbocycles. The van der Waals surface area contributed by atoms with Crippen LogP contribution in [0.1, 0.15) is 56.9 Å². The number of hydrogen-bond donors (Lipinski definition) is 2. The average Bonchev–Trinajstić information content (AvgIpc) is 3.72. The van der Waals surface area contributed by atoms with Crippen molar-refractivity contribution in [2.45, 2.75) is 76.0 Å². The number of ether oxygens (including phenoxy) is 1. The number of nitrogens with zero attached hydrogens (tertiary/aromatic N) is 2. The van der Waals surface area contributed by atoms with Crippen molar-refractivity contribution in [1.82, 2.24) is 15.1 Å². The first kappa shape index (κ1) is 25.1. The molecule has 3 aliphatic rings. The predicted molar refractivity (Wildman–Crippen MR) is 133 cm³/mol. The van der Waals surface area contributed by atoms with Crippen LogP contribution in [0, 0.1) is 11.8 Å². The summed E-state index contributed by atoms with van der Waals surface area (Å²) < 4.78 is 5.12. The molecule has 4 atom stereocenters. The van der Waals surface area contributed by atoms with E-state index in [2.05, 4.69) is 34.5 Å². The number of nitrogens with two attached hydrogens (primary N) is 1. The maximum atomic E-state index is 13.4. The van der Waals surface area contributed by atoms with Gasteiger partial charge >= 0.3 is 0 Å². The van der Waals surface area contributed by atoms with Crippen LogP contribution in [0.25, 0.3) is 0 Å². The molecule has 3 N–H and O–H groups in total. The summed E-state index contributed by atoms with van der Waals surface area (Å²) in [6.45, 7) is 2.93. The Morgan fingerprint density at radius 1 is 1.06 bits per heavy atom. The predicted octanol–water partition coefficient (Wildman–Crippen LogP) is 2.54. The Hall–Kier alpha value is -1.96. The second kappa shape index (κ2) is 12.1. The van der Waals surface area contributed by atoms with Gasteiger partial charge in [-0.2, -0.15) is 0 Å². The zero-order valence-electron chi connectivity index (χ0n) is 20.7. The molecule has 0 spiro atoms. The van der Waals surface area contributed by atoms with Crippen LogP contribution in [0.5, 0.6) is 0 Å². The lowest BCUT2D eigenvalue weighted by molar-refractivity contribution is -0.146. The van der Waals surface area contributed by atoms with Crippen LogP contribution in [-0.4, -0.2) is 73.1 Å². The fourth-order valence-electron chi connectivity index (χ4n) is 5.92. The van der Waals surface area contributed by atoms with Gasteiger partial charge in [0, 0.05) is 38.8 Å². The summed E-state index contributed by atoms with van der Waals surface area (Å²) in [5.41, 5.74) is 7.20. The van der Waals surface area contributed by atoms with E-state index in [-0.39, 0.29) is 18.4 Å². The summed E-state index contributed by atoms with van der Waals surface area (Å²) in [5.74, 6) is 0.942. The van der Waals surface area contributed by atoms with Crippen LogP contribution in [-0.2, 0) is 20.9 Å². The number of methoxy groups -OCH3 is 1. The van der Waals surface area contributed by atoms with E-state index in [9.17, 15) is 9.59 Å². The van der Waals surface area contributed by atoms with Gasteiger partial charge in [0.05, 0.1) is 0 Å². The van der Waals surface area contributed by atoms with Gasteiger partial charge in [-0.3, -0.25) is 14.5 Å². The third-order valence-electron chi connectivity index (χ3n) is 7.95. The number of carbonyl (C=O) groups is 2. The number of hydrogen-bond acceptors (Lipinski definition) is 5. The normalized spacial score (nSPS) is 27.6. The minimum Gasteiger partial charge on any atom is -0.375 e. The number of piperidine rings is 1. The monoisotopic (exact) mass is 470 g/mol. The molecular weight excluding hydrogens is 428 g/mol. The number of benzene rings is 1. The molecule has 7 heteroatoms. The third-order valence-corrected chi connectivity index (χ3v) is 7.95. The van der Waals surface area contributed by atoms with Crippen molar-refractivity contribution in [1.29, 1.82) is 0 Å². The largest absolute Gasteiger partial charge is 0.375 e. The SMILES string of the molecule is COCC(=O)N1CCC(N(Cc2ccccc2)C2CC2)C[C@@H]1C(=O)NCC1CCCC(CN)C1. The minimum absolute atomic E-state index is 0.0144. The number of rotatable bonds is 10. The van der Waals surface area contributed by atoms with E-state index in [0.717, 1.165) is 32.4 Å². The smallest absolute Gasteiger partial charge is 0.249 e. The molecule has 1 aliphatic heterocycles. The highest BCUT2D eigenvalue weighted by Crippen LogP contribution is 2.35. The lowest BCUT2D eigenvalue weighted by Gasteiger charge is -2.43. The minimum atomic E-state index is -0.438. The lowest BCUT2D eigenvalue weighted by atomic mass is 9.81. The zero-order valence-corrected chi connectivity index (χ0v) is 20.7. The molecular formula is C27H42N4O3. The van der Waals surface area contributed by atoms with E-state index in [1.54, 1.807) is 4.90 Å². The van der Waals surface area contributed by atoms with Gasteiger partial charge in [0.15, 0.2) is 0 Å². The fourth-order valence-corrected chi connectivity index (χ4v) is 5.92. The zero-order chi connectivity index (χ0) is 23.9. The van der Waals surface area contributed by atoms with Crippen molar-refractivity contribution in [2.24, 2.45) is 17.6 Å². The van der Waals surface area contributed by atoms with Gasteiger partial charge in [-0.1, -0.05) is 36.8 Å². The van der Waals surface area contributed by atoms with Gasteiger partial charge in [-0.15, -0.1) is 0 Å². The number of nitrogens with one attached hydrogen (secondary N) is 1. The Kier molecular flexibility index (Phi) is 8.98. The molecule has 1 saturated heterocycles. The van der Waals surface area contributed by atoms with Crippen LogP contribution >= 0.6 is 0 Å². The van der Waals surface area contributed by atoms with Crippen molar-refractivity contribution in [3.8, 4) is 0 Å². The van der Waals surface area contributed by atoms with E-state index in [1.807, 2.05) is 6.07 Å². The highest BCUT2D eigenvalue weighted by Gasteiger charge is 2.42. The first-order chi connectivity index (χ1) is 16.6. The molecule has 0 bridgehead atoms. The second-order valence-corrected chi connectivity index (χ2v) is 10.5. The van der Waals surface area contributed by atoms with E-state index in [4.69, 9.17) is 10.5 Å². The van der Waals surface area contributed by atoms with E-state index in [0.29, 0.717) is 43.4 Å². The van der Waals surface area contributed by atoms with Crippen LogP contribution in [0.2, 0.25) is 0 Å². The molecule has 1 heterocycles. The second-order valence-electron chi connectivity index (χ2n) is 10.5. The van der Waals surface area contributed by atoms with Crippen molar-refractivity contribution in [3.05, 3.63) is 35.9 Å². The quantitative estimate of drug-likeness (QED) is 0.549. The summed E-state index contributed by atoms with van der Waals surface area (Å²) in [5, 5.41) is 3.21. The van der Waals surface area contributed by atoms with Gasteiger partial charge < -0.3 is 20.7 Å². The molecule has 7 nitrogen and oxygen atoms in total. The highest BCUT2D eigenvalue weighted by atomic mass is 16.5. The maximum Gasteiger partial charge on any atom is 0.249 e. The summed E-state index contributed by atoms with van der Waals surface area (Å²) in [4.78, 5) is 30.6. The Bertz CT molecular complexity index is 800. The van der Waals surface area contributed by atoms with Crippen molar-refractivity contribution in [3.63, 3.8) is 0 Å². The van der Waals surface area contributed by atoms with Crippen molar-refractivity contribution < 1.29 is 14.3 Å². The maximum absolute atomic E-state index is 13.4. The van der Waals surface area contributed by atoms with E-state index < -0.39 is 6.04 Å². The first-order valence-corrected chi connectivity index (χ1v) is 13.1. The number of carbonyl (C=O) groups excluding carboxylic acids is 2. The van der Waals surface area contributed by atoms with Crippen LogP contribution in [0.3, 0.4) is 0 Å². The standard InChI is InChI=1S/C27H42N4O3/c1-34-19-26(32)30-13-12-24(31(23-10-11-23)18-20-6-3-2-4-7-20)15-25(30)27(33)29-17-22-9-5-8-21(14-22)16-28/h2-4,6-7,21-25H,5,8-19,28H2,1H3,(H,29,33)/t21?,22?,24?,25-/m1/s1. The van der Waals surface area contributed by atoms with E-state index in [1.165, 1.54) is 38.4 Å². The third kappa shape index (κ3) is 6.58. The molecule has 1 aromatic rings. The first-order valence-electron chi connectivity index (χ1n) is 13.1. The molecule has 0 radical (unpaired) electrons. The molecule has 4 rings (SSSR count). The number of likely N-dealkylation sites (tertiary alicyclic amines) is 1. The number of amides is 2. The summed E-state index contributed by atoms with van der Waals surface area (Å²) >= 11 is 0.